The molecule has 0 aromatic heterocycles. The van der Waals surface area contributed by atoms with Gasteiger partial charge in [0, 0.05) is 5.41 Å². The highest BCUT2D eigenvalue weighted by atomic mass is 14.4. The largest absolute Gasteiger partial charge is 0.0991 e. The van der Waals surface area contributed by atoms with Gasteiger partial charge < -0.3 is 0 Å². The Bertz CT molecular complexity index is 459. The predicted molar refractivity (Wildman–Crippen MR) is 89.5 cm³/mol. The van der Waals surface area contributed by atoms with E-state index in [0.29, 0.717) is 0 Å². The molecular weight excluding hydrogens is 228 g/mol. The van der Waals surface area contributed by atoms with Gasteiger partial charge in [-0.1, -0.05) is 91.1 Å². The molecule has 0 N–H and O–H groups in total. The Kier molecular flexibility index (Phi) is 7.14. The van der Waals surface area contributed by atoms with Crippen LogP contribution in [0, 0.1) is 0 Å². The molecule has 0 atom stereocenters. The SMILES string of the molecule is C=C/C=C1\C(=C)c2ccccc2C1(C)C.CC.CC. The lowest BCUT2D eigenvalue weighted by molar-refractivity contribution is 0.661. The van der Waals surface area contributed by atoms with Gasteiger partial charge in [0.2, 0.25) is 0 Å². The Morgan fingerprint density at radius 3 is 2.00 bits per heavy atom. The number of fused-ring (bicyclic) bond motifs is 1. The average Bonchev–Trinajstić information content (AvgIpc) is 2.65. The maximum absolute atomic E-state index is 4.18. The minimum Gasteiger partial charge on any atom is -0.0991 e. The van der Waals surface area contributed by atoms with E-state index in [9.17, 15) is 0 Å². The molecule has 104 valence electrons. The molecule has 0 bridgehead atoms. The quantitative estimate of drug-likeness (QED) is 0.565. The highest BCUT2D eigenvalue weighted by molar-refractivity contribution is 5.88. The zero-order chi connectivity index (χ0) is 15.1. The molecule has 1 aromatic rings. The van der Waals surface area contributed by atoms with E-state index in [2.05, 4.69) is 57.3 Å². The molecule has 1 aliphatic rings. The number of hydrogen-bond acceptors (Lipinski definition) is 0. The maximum atomic E-state index is 4.18. The lowest BCUT2D eigenvalue weighted by Gasteiger charge is -2.21. The molecule has 0 heteroatoms. The molecule has 0 saturated carbocycles. The molecule has 0 heterocycles. The highest BCUT2D eigenvalue weighted by Gasteiger charge is 2.36. The molecule has 0 fully saturated rings. The van der Waals surface area contributed by atoms with Gasteiger partial charge in [-0.05, 0) is 22.3 Å². The second kappa shape index (κ2) is 7.78. The van der Waals surface area contributed by atoms with E-state index in [0.717, 1.165) is 5.57 Å². The van der Waals surface area contributed by atoms with Gasteiger partial charge in [-0.15, -0.1) is 0 Å². The Morgan fingerprint density at radius 1 is 1.00 bits per heavy atom. The fourth-order valence-electron chi connectivity index (χ4n) is 2.39. The number of allylic oxidation sites excluding steroid dienone is 4. The van der Waals surface area contributed by atoms with Crippen LogP contribution >= 0.6 is 0 Å². The second-order valence-corrected chi connectivity index (χ2v) is 4.47. The maximum Gasteiger partial charge on any atom is 0.0158 e. The standard InChI is InChI=1S/C15H16.2C2H6/c1-5-8-13-11(2)12-9-6-7-10-14(12)15(13,3)4;2*1-2/h5-10H,1-2H2,3-4H3;2*1-2H3/b13-8+;;. The lowest BCUT2D eigenvalue weighted by atomic mass is 9.82. The Balaban J connectivity index is 0.000000741. The summed E-state index contributed by atoms with van der Waals surface area (Å²) in [7, 11) is 0. The number of rotatable bonds is 1. The zero-order valence-electron chi connectivity index (χ0n) is 13.4. The minimum absolute atomic E-state index is 0.0574. The van der Waals surface area contributed by atoms with Crippen molar-refractivity contribution >= 4 is 5.57 Å². The van der Waals surface area contributed by atoms with E-state index in [-0.39, 0.29) is 5.41 Å². The topological polar surface area (TPSA) is 0 Å². The van der Waals surface area contributed by atoms with Crippen molar-refractivity contribution in [3.63, 3.8) is 0 Å². The first kappa shape index (κ1) is 17.4. The van der Waals surface area contributed by atoms with Crippen molar-refractivity contribution in [2.45, 2.75) is 47.0 Å². The van der Waals surface area contributed by atoms with Crippen LogP contribution in [0.1, 0.15) is 52.7 Å². The van der Waals surface area contributed by atoms with Crippen LogP contribution in [-0.2, 0) is 5.41 Å². The summed E-state index contributed by atoms with van der Waals surface area (Å²) in [4.78, 5) is 0. The summed E-state index contributed by atoms with van der Waals surface area (Å²) in [5.41, 5.74) is 5.11. The van der Waals surface area contributed by atoms with E-state index in [1.807, 2.05) is 33.8 Å². The van der Waals surface area contributed by atoms with Crippen LogP contribution in [0.4, 0.5) is 0 Å². The predicted octanol–water partition coefficient (Wildman–Crippen LogP) is 6.16. The summed E-state index contributed by atoms with van der Waals surface area (Å²) in [5, 5.41) is 0. The van der Waals surface area contributed by atoms with Crippen LogP contribution < -0.4 is 0 Å². The molecule has 0 aliphatic heterocycles. The van der Waals surface area contributed by atoms with E-state index >= 15 is 0 Å². The third-order valence-corrected chi connectivity index (χ3v) is 3.21. The molecule has 0 spiro atoms. The van der Waals surface area contributed by atoms with E-state index in [1.165, 1.54) is 16.7 Å². The summed E-state index contributed by atoms with van der Waals surface area (Å²) in [6.07, 6.45) is 3.91. The molecule has 0 nitrogen and oxygen atoms in total. The second-order valence-electron chi connectivity index (χ2n) is 4.47. The minimum atomic E-state index is 0.0574. The third kappa shape index (κ3) is 3.26. The van der Waals surface area contributed by atoms with Crippen LogP contribution in [0.3, 0.4) is 0 Å². The fraction of sp³-hybridized carbons (Fsp3) is 0.368. The Labute approximate surface area is 119 Å². The van der Waals surface area contributed by atoms with Gasteiger partial charge in [0.15, 0.2) is 0 Å². The zero-order valence-corrected chi connectivity index (χ0v) is 13.4. The van der Waals surface area contributed by atoms with Gasteiger partial charge >= 0.3 is 0 Å². The number of hydrogen-bond donors (Lipinski definition) is 0. The summed E-state index contributed by atoms with van der Waals surface area (Å²) < 4.78 is 0. The molecule has 0 radical (unpaired) electrons. The van der Waals surface area contributed by atoms with Crippen molar-refractivity contribution in [2.24, 2.45) is 0 Å². The summed E-state index contributed by atoms with van der Waals surface area (Å²) >= 11 is 0. The van der Waals surface area contributed by atoms with Crippen LogP contribution in [0.5, 0.6) is 0 Å². The van der Waals surface area contributed by atoms with Crippen molar-refractivity contribution in [3.05, 3.63) is 66.3 Å². The van der Waals surface area contributed by atoms with Crippen LogP contribution in [0.2, 0.25) is 0 Å². The van der Waals surface area contributed by atoms with Crippen LogP contribution in [0.25, 0.3) is 5.57 Å². The summed E-state index contributed by atoms with van der Waals surface area (Å²) in [6, 6.07) is 8.48. The molecule has 0 amide bonds. The first-order valence-electron chi connectivity index (χ1n) is 7.21. The molecule has 1 aliphatic carbocycles. The molecule has 19 heavy (non-hydrogen) atoms. The van der Waals surface area contributed by atoms with Crippen LogP contribution in [-0.4, -0.2) is 0 Å². The Morgan fingerprint density at radius 2 is 1.53 bits per heavy atom. The first-order valence-corrected chi connectivity index (χ1v) is 7.21. The fourth-order valence-corrected chi connectivity index (χ4v) is 2.39. The first-order chi connectivity index (χ1) is 9.09. The monoisotopic (exact) mass is 256 g/mol. The van der Waals surface area contributed by atoms with Crippen molar-refractivity contribution in [1.29, 1.82) is 0 Å². The van der Waals surface area contributed by atoms with Crippen molar-refractivity contribution < 1.29 is 0 Å². The normalized spacial score (nSPS) is 16.7. The smallest absolute Gasteiger partial charge is 0.0158 e. The van der Waals surface area contributed by atoms with Gasteiger partial charge in [-0.3, -0.25) is 0 Å². The molecule has 0 saturated heterocycles. The average molecular weight is 256 g/mol. The van der Waals surface area contributed by atoms with E-state index in [1.54, 1.807) is 0 Å². The Hall–Kier alpha value is -1.56. The molecular formula is C19H28. The van der Waals surface area contributed by atoms with Crippen molar-refractivity contribution in [3.8, 4) is 0 Å². The van der Waals surface area contributed by atoms with E-state index in [4.69, 9.17) is 0 Å². The van der Waals surface area contributed by atoms with E-state index < -0.39 is 0 Å². The lowest BCUT2D eigenvalue weighted by Crippen LogP contribution is -2.14. The summed E-state index contributed by atoms with van der Waals surface area (Å²) in [6.45, 7) is 20.4. The van der Waals surface area contributed by atoms with Crippen LogP contribution in [0.15, 0.2) is 55.1 Å². The molecule has 2 rings (SSSR count). The van der Waals surface area contributed by atoms with Gasteiger partial charge in [0.25, 0.3) is 0 Å². The third-order valence-electron chi connectivity index (χ3n) is 3.21. The van der Waals surface area contributed by atoms with Gasteiger partial charge in [-0.2, -0.15) is 0 Å². The van der Waals surface area contributed by atoms with Gasteiger partial charge in [0.1, 0.15) is 0 Å². The molecule has 0 unspecified atom stereocenters. The molecule has 1 aromatic carbocycles. The van der Waals surface area contributed by atoms with Crippen molar-refractivity contribution in [1.82, 2.24) is 0 Å². The summed E-state index contributed by atoms with van der Waals surface area (Å²) in [5.74, 6) is 0. The van der Waals surface area contributed by atoms with Gasteiger partial charge in [-0.25, -0.2) is 0 Å². The van der Waals surface area contributed by atoms with Crippen molar-refractivity contribution in [2.75, 3.05) is 0 Å². The number of benzene rings is 1. The van der Waals surface area contributed by atoms with Gasteiger partial charge in [0.05, 0.1) is 0 Å². The highest BCUT2D eigenvalue weighted by Crippen LogP contribution is 2.48.